The van der Waals surface area contributed by atoms with Crippen molar-refractivity contribution in [2.24, 2.45) is 5.92 Å². The molecule has 1 aliphatic heterocycles. The molecule has 1 aliphatic rings. The van der Waals surface area contributed by atoms with Gasteiger partial charge in [-0.3, -0.25) is 4.90 Å². The molecule has 4 heteroatoms. The molecule has 1 N–H and O–H groups in total. The number of rotatable bonds is 5. The second-order valence-corrected chi connectivity index (χ2v) is 7.99. The molecule has 1 rings (SSSR count). The Kier molecular flexibility index (Phi) is 5.48. The Morgan fingerprint density at radius 2 is 2.12 bits per heavy atom. The molecule has 1 saturated heterocycles. The zero-order valence-corrected chi connectivity index (χ0v) is 12.9. The zero-order chi connectivity index (χ0) is 12.3. The summed E-state index contributed by atoms with van der Waals surface area (Å²) in [6, 6.07) is 0. The Bertz CT molecular complexity index is 216. The third-order valence-corrected chi connectivity index (χ3v) is 3.80. The van der Waals surface area contributed by atoms with Gasteiger partial charge in [0.2, 0.25) is 0 Å². The predicted molar refractivity (Wildman–Crippen MR) is 74.9 cm³/mol. The molecule has 2 atom stereocenters. The van der Waals surface area contributed by atoms with E-state index in [1.54, 1.807) is 0 Å². The van der Waals surface area contributed by atoms with Gasteiger partial charge in [0.1, 0.15) is 0 Å². The lowest BCUT2D eigenvalue weighted by Gasteiger charge is -2.30. The Hall–Kier alpha value is 0.610. The van der Waals surface area contributed by atoms with Crippen LogP contribution in [0, 0.1) is 5.92 Å². The molecule has 0 aromatic carbocycles. The minimum Gasteiger partial charge on any atom is -0.390 e. The number of aliphatic hydroxyl groups is 1. The van der Waals surface area contributed by atoms with Crippen molar-refractivity contribution in [1.82, 2.24) is 4.90 Å². The highest BCUT2D eigenvalue weighted by atomic mass is 127. The van der Waals surface area contributed by atoms with Crippen LogP contribution in [-0.4, -0.2) is 45.5 Å². The van der Waals surface area contributed by atoms with Crippen molar-refractivity contribution in [2.45, 2.75) is 49.9 Å². The molecule has 0 spiro atoms. The lowest BCUT2D eigenvalue weighted by Crippen LogP contribution is -2.38. The van der Waals surface area contributed by atoms with E-state index in [0.717, 1.165) is 19.5 Å². The fraction of sp³-hybridized carbons (Fsp3) is 1.00. The molecule has 2 unspecified atom stereocenters. The van der Waals surface area contributed by atoms with Crippen LogP contribution in [0.5, 0.6) is 0 Å². The van der Waals surface area contributed by atoms with Gasteiger partial charge in [-0.15, -0.1) is 0 Å². The average molecular weight is 341 g/mol. The van der Waals surface area contributed by atoms with Crippen LogP contribution in [0.4, 0.5) is 0 Å². The van der Waals surface area contributed by atoms with E-state index in [0.29, 0.717) is 12.5 Å². The quantitative estimate of drug-likeness (QED) is 0.473. The smallest absolute Gasteiger partial charge is 0.0814 e. The molecular formula is C12H24INO2. The first-order chi connectivity index (χ1) is 7.30. The molecule has 0 radical (unpaired) electrons. The van der Waals surface area contributed by atoms with Gasteiger partial charge in [0.15, 0.2) is 0 Å². The monoisotopic (exact) mass is 341 g/mol. The molecule has 0 aromatic heterocycles. The summed E-state index contributed by atoms with van der Waals surface area (Å²) in [7, 11) is 0. The van der Waals surface area contributed by atoms with Crippen LogP contribution < -0.4 is 0 Å². The molecule has 16 heavy (non-hydrogen) atoms. The molecule has 96 valence electrons. The third kappa shape index (κ3) is 4.47. The van der Waals surface area contributed by atoms with Crippen LogP contribution in [0.1, 0.15) is 34.1 Å². The maximum atomic E-state index is 10.0. The van der Waals surface area contributed by atoms with Gasteiger partial charge >= 0.3 is 0 Å². The van der Waals surface area contributed by atoms with Crippen LogP contribution >= 0.6 is 22.6 Å². The highest BCUT2D eigenvalue weighted by Crippen LogP contribution is 2.30. The van der Waals surface area contributed by atoms with Crippen molar-refractivity contribution < 1.29 is 9.84 Å². The number of hydrogen-bond acceptors (Lipinski definition) is 3. The predicted octanol–water partition coefficient (Wildman–Crippen LogP) is 2.27. The van der Waals surface area contributed by atoms with E-state index in [-0.39, 0.29) is 15.8 Å². The van der Waals surface area contributed by atoms with Gasteiger partial charge in [0, 0.05) is 12.5 Å². The highest BCUT2D eigenvalue weighted by Gasteiger charge is 2.34. The fourth-order valence-electron chi connectivity index (χ4n) is 2.01. The maximum Gasteiger partial charge on any atom is 0.0814 e. The highest BCUT2D eigenvalue weighted by molar-refractivity contribution is 14.1. The van der Waals surface area contributed by atoms with Gasteiger partial charge < -0.3 is 9.84 Å². The summed E-state index contributed by atoms with van der Waals surface area (Å²) in [5, 5.41) is 10.0. The minimum absolute atomic E-state index is 0.186. The van der Waals surface area contributed by atoms with E-state index in [9.17, 15) is 5.11 Å². The summed E-state index contributed by atoms with van der Waals surface area (Å²) in [5.41, 5.74) is 0. The maximum absolute atomic E-state index is 10.0. The van der Waals surface area contributed by atoms with E-state index >= 15 is 0 Å². The van der Waals surface area contributed by atoms with E-state index in [1.165, 1.54) is 0 Å². The molecule has 0 amide bonds. The topological polar surface area (TPSA) is 32.7 Å². The van der Waals surface area contributed by atoms with Crippen molar-refractivity contribution >= 4 is 22.6 Å². The van der Waals surface area contributed by atoms with Crippen molar-refractivity contribution in [3.05, 3.63) is 0 Å². The number of ether oxygens (including phenoxy) is 1. The summed E-state index contributed by atoms with van der Waals surface area (Å²) >= 11 is 2.46. The Morgan fingerprint density at radius 3 is 2.56 bits per heavy atom. The molecule has 0 aliphatic carbocycles. The molecule has 3 nitrogen and oxygen atoms in total. The largest absolute Gasteiger partial charge is 0.390 e. The van der Waals surface area contributed by atoms with Crippen molar-refractivity contribution in [1.29, 1.82) is 0 Å². The lowest BCUT2D eigenvalue weighted by atomic mass is 10.0. The molecule has 0 bridgehead atoms. The van der Waals surface area contributed by atoms with Gasteiger partial charge in [-0.25, -0.2) is 0 Å². The first kappa shape index (κ1) is 14.7. The number of halogens is 1. The molecule has 1 heterocycles. The molecule has 0 aromatic rings. The second-order valence-electron chi connectivity index (χ2n) is 5.35. The second kappa shape index (κ2) is 5.98. The van der Waals surface area contributed by atoms with Crippen molar-refractivity contribution in [3.8, 4) is 0 Å². The van der Waals surface area contributed by atoms with Gasteiger partial charge in [0.05, 0.1) is 22.4 Å². The Labute approximate surface area is 113 Å². The van der Waals surface area contributed by atoms with Crippen LogP contribution in [0.2, 0.25) is 0 Å². The number of alkyl halides is 1. The Balaban J connectivity index is 2.35. The zero-order valence-electron chi connectivity index (χ0n) is 10.7. The minimum atomic E-state index is -0.314. The Morgan fingerprint density at radius 1 is 1.50 bits per heavy atom. The van der Waals surface area contributed by atoms with Crippen molar-refractivity contribution in [3.63, 3.8) is 0 Å². The van der Waals surface area contributed by atoms with Gasteiger partial charge in [-0.2, -0.15) is 0 Å². The first-order valence-electron chi connectivity index (χ1n) is 6.04. The average Bonchev–Trinajstić information content (AvgIpc) is 2.61. The van der Waals surface area contributed by atoms with Crippen LogP contribution in [0.25, 0.3) is 0 Å². The number of nitrogens with zero attached hydrogens (tertiary/aromatic N) is 1. The van der Waals surface area contributed by atoms with E-state index < -0.39 is 0 Å². The molecule has 0 saturated carbocycles. The van der Waals surface area contributed by atoms with Gasteiger partial charge in [0.25, 0.3) is 0 Å². The summed E-state index contributed by atoms with van der Waals surface area (Å²) in [6.45, 7) is 11.0. The van der Waals surface area contributed by atoms with Crippen LogP contribution in [0.3, 0.4) is 0 Å². The molecule has 1 fully saturated rings. The van der Waals surface area contributed by atoms with Crippen LogP contribution in [0.15, 0.2) is 0 Å². The van der Waals surface area contributed by atoms with E-state index in [2.05, 4.69) is 41.3 Å². The molecular weight excluding hydrogens is 317 g/mol. The summed E-state index contributed by atoms with van der Waals surface area (Å²) in [5.74, 6) is 0.368. The SMILES string of the molecule is CC(C)OCC(O)C1CCN(C(C)(C)I)C1. The van der Waals surface area contributed by atoms with Crippen molar-refractivity contribution in [2.75, 3.05) is 19.7 Å². The standard InChI is InChI=1S/C12H24INO2/c1-9(2)16-8-11(15)10-5-6-14(7-10)12(3,4)13/h9-11,15H,5-8H2,1-4H3. The first-order valence-corrected chi connectivity index (χ1v) is 7.12. The number of hydrogen-bond donors (Lipinski definition) is 1. The van der Waals surface area contributed by atoms with Gasteiger partial charge in [-0.1, -0.05) is 22.6 Å². The normalized spacial score (nSPS) is 25.3. The summed E-state index contributed by atoms with van der Waals surface area (Å²) in [4.78, 5) is 2.43. The summed E-state index contributed by atoms with van der Waals surface area (Å²) in [6.07, 6.45) is 0.967. The van der Waals surface area contributed by atoms with Gasteiger partial charge in [-0.05, 0) is 40.7 Å². The number of aliphatic hydroxyl groups excluding tert-OH is 1. The lowest BCUT2D eigenvalue weighted by molar-refractivity contribution is -0.0180. The van der Waals surface area contributed by atoms with Crippen LogP contribution in [-0.2, 0) is 4.74 Å². The van der Waals surface area contributed by atoms with E-state index in [1.807, 2.05) is 13.8 Å². The fourth-order valence-corrected chi connectivity index (χ4v) is 2.45. The third-order valence-electron chi connectivity index (χ3n) is 3.12. The number of likely N-dealkylation sites (tertiary alicyclic amines) is 1. The van der Waals surface area contributed by atoms with E-state index in [4.69, 9.17) is 4.74 Å². The summed E-state index contributed by atoms with van der Waals surface area (Å²) < 4.78 is 5.65.